The maximum atomic E-state index is 14.0. The lowest BCUT2D eigenvalue weighted by atomic mass is 10.1. The first-order chi connectivity index (χ1) is 14.6. The van der Waals surface area contributed by atoms with Gasteiger partial charge in [-0.15, -0.1) is 0 Å². The van der Waals surface area contributed by atoms with Gasteiger partial charge in [-0.3, -0.25) is 9.59 Å². The van der Waals surface area contributed by atoms with Gasteiger partial charge in [0.25, 0.3) is 5.91 Å². The molecule has 1 aromatic heterocycles. The molecule has 158 valence electrons. The van der Waals surface area contributed by atoms with Crippen LogP contribution in [0.2, 0.25) is 0 Å². The summed E-state index contributed by atoms with van der Waals surface area (Å²) < 4.78 is 54.0. The number of halogens is 4. The van der Waals surface area contributed by atoms with Crippen molar-refractivity contribution in [1.29, 1.82) is 5.26 Å². The molecule has 1 unspecified atom stereocenters. The van der Waals surface area contributed by atoms with Crippen molar-refractivity contribution in [3.8, 4) is 11.8 Å². The normalized spacial score (nSPS) is 12.1. The second kappa shape index (κ2) is 8.39. The fourth-order valence-corrected chi connectivity index (χ4v) is 2.87. The zero-order valence-electron chi connectivity index (χ0n) is 15.9. The summed E-state index contributed by atoms with van der Waals surface area (Å²) in [5.74, 6) is -1.80. The summed E-state index contributed by atoms with van der Waals surface area (Å²) in [6.07, 6.45) is -4.59. The number of alkyl halides is 3. The maximum absolute atomic E-state index is 14.0. The van der Waals surface area contributed by atoms with Crippen LogP contribution in [-0.4, -0.2) is 15.7 Å². The second-order valence-corrected chi connectivity index (χ2v) is 6.52. The van der Waals surface area contributed by atoms with Gasteiger partial charge in [0.15, 0.2) is 5.69 Å². The van der Waals surface area contributed by atoms with E-state index in [1.165, 1.54) is 37.3 Å². The predicted octanol–water partition coefficient (Wildman–Crippen LogP) is 3.69. The molecule has 31 heavy (non-hydrogen) atoms. The first-order valence-electron chi connectivity index (χ1n) is 8.85. The monoisotopic (exact) mass is 430 g/mol. The molecule has 0 radical (unpaired) electrons. The lowest BCUT2D eigenvalue weighted by Gasteiger charge is -2.15. The largest absolute Gasteiger partial charge is 0.416 e. The van der Waals surface area contributed by atoms with Gasteiger partial charge in [0.05, 0.1) is 17.3 Å². The summed E-state index contributed by atoms with van der Waals surface area (Å²) in [5.41, 5.74) is -2.33. The molecule has 0 aliphatic carbocycles. The van der Waals surface area contributed by atoms with E-state index in [2.05, 4.69) is 10.4 Å². The van der Waals surface area contributed by atoms with Crippen molar-refractivity contribution in [2.24, 2.45) is 0 Å². The van der Waals surface area contributed by atoms with Gasteiger partial charge >= 0.3 is 6.18 Å². The molecular weight excluding hydrogens is 416 g/mol. The van der Waals surface area contributed by atoms with E-state index in [9.17, 15) is 32.4 Å². The summed E-state index contributed by atoms with van der Waals surface area (Å²) in [7, 11) is 0. The summed E-state index contributed by atoms with van der Waals surface area (Å²) in [5, 5.41) is 15.4. The van der Waals surface area contributed by atoms with E-state index in [0.29, 0.717) is 0 Å². The molecule has 0 fully saturated rings. The molecule has 0 bridgehead atoms. The van der Waals surface area contributed by atoms with Crippen LogP contribution in [0.25, 0.3) is 5.69 Å². The Morgan fingerprint density at radius 1 is 1.16 bits per heavy atom. The van der Waals surface area contributed by atoms with E-state index >= 15 is 0 Å². The summed E-state index contributed by atoms with van der Waals surface area (Å²) in [4.78, 5) is 24.9. The van der Waals surface area contributed by atoms with Crippen LogP contribution >= 0.6 is 0 Å². The molecule has 0 spiro atoms. The van der Waals surface area contributed by atoms with E-state index in [1.54, 1.807) is 6.07 Å². The van der Waals surface area contributed by atoms with Crippen molar-refractivity contribution in [3.05, 3.63) is 93.2 Å². The third-order valence-electron chi connectivity index (χ3n) is 4.36. The predicted molar refractivity (Wildman–Crippen MR) is 102 cm³/mol. The SMILES string of the molecule is Cc1cc(=O)c(C(=O)NC(C#N)c2ccccc2F)nn1-c1cccc(C(F)(F)F)c1. The number of aryl methyl sites for hydroxylation is 1. The number of benzene rings is 2. The average Bonchev–Trinajstić information content (AvgIpc) is 2.72. The standard InChI is InChI=1S/C21H14F4N4O2/c1-12-9-18(30)19(20(31)27-17(11-26)15-7-2-3-8-16(15)22)28-29(12)14-6-4-5-13(10-14)21(23,24)25/h2-10,17H,1H3,(H,27,31). The van der Waals surface area contributed by atoms with E-state index < -0.39 is 40.6 Å². The molecule has 6 nitrogen and oxygen atoms in total. The van der Waals surface area contributed by atoms with Gasteiger partial charge in [-0.2, -0.15) is 23.5 Å². The Morgan fingerprint density at radius 3 is 2.52 bits per heavy atom. The fraction of sp³-hybridized carbons (Fsp3) is 0.143. The Morgan fingerprint density at radius 2 is 1.87 bits per heavy atom. The van der Waals surface area contributed by atoms with Crippen molar-refractivity contribution in [2.45, 2.75) is 19.1 Å². The quantitative estimate of drug-likeness (QED) is 0.640. The fourth-order valence-electron chi connectivity index (χ4n) is 2.87. The number of nitrogens with one attached hydrogen (secondary N) is 1. The van der Waals surface area contributed by atoms with Crippen LogP contribution in [-0.2, 0) is 6.18 Å². The summed E-state index contributed by atoms with van der Waals surface area (Å²) in [6, 6.07) is 10.8. The third kappa shape index (κ3) is 4.61. The lowest BCUT2D eigenvalue weighted by Crippen LogP contribution is -2.34. The van der Waals surface area contributed by atoms with Gasteiger partial charge < -0.3 is 5.32 Å². The van der Waals surface area contributed by atoms with Gasteiger partial charge in [0, 0.05) is 17.3 Å². The van der Waals surface area contributed by atoms with E-state index in [0.717, 1.165) is 28.9 Å². The highest BCUT2D eigenvalue weighted by Gasteiger charge is 2.31. The molecule has 2 aromatic carbocycles. The highest BCUT2D eigenvalue weighted by molar-refractivity contribution is 5.92. The van der Waals surface area contributed by atoms with Crippen LogP contribution in [0.15, 0.2) is 59.4 Å². The van der Waals surface area contributed by atoms with Crippen LogP contribution in [0.4, 0.5) is 17.6 Å². The number of carbonyl (C=O) groups is 1. The van der Waals surface area contributed by atoms with Crippen molar-refractivity contribution < 1.29 is 22.4 Å². The number of nitrogens with zero attached hydrogens (tertiary/aromatic N) is 3. The van der Waals surface area contributed by atoms with E-state index in [1.807, 2.05) is 0 Å². The van der Waals surface area contributed by atoms with Gasteiger partial charge in [-0.25, -0.2) is 9.07 Å². The molecule has 1 atom stereocenters. The molecule has 0 aliphatic rings. The van der Waals surface area contributed by atoms with Gasteiger partial charge in [-0.05, 0) is 31.2 Å². The molecule has 1 heterocycles. The Labute approximate surface area is 173 Å². The lowest BCUT2D eigenvalue weighted by molar-refractivity contribution is -0.137. The van der Waals surface area contributed by atoms with Crippen molar-refractivity contribution in [2.75, 3.05) is 0 Å². The van der Waals surface area contributed by atoms with Crippen molar-refractivity contribution in [1.82, 2.24) is 15.1 Å². The minimum absolute atomic E-state index is 0.0210. The number of carbonyl (C=O) groups excluding carboxylic acids is 1. The van der Waals surface area contributed by atoms with E-state index in [4.69, 9.17) is 0 Å². The topological polar surface area (TPSA) is 87.8 Å². The van der Waals surface area contributed by atoms with E-state index in [-0.39, 0.29) is 16.9 Å². The zero-order valence-corrected chi connectivity index (χ0v) is 15.9. The molecule has 3 rings (SSSR count). The average molecular weight is 430 g/mol. The number of amides is 1. The van der Waals surface area contributed by atoms with Gasteiger partial charge in [0.1, 0.15) is 11.9 Å². The van der Waals surface area contributed by atoms with Crippen molar-refractivity contribution in [3.63, 3.8) is 0 Å². The van der Waals surface area contributed by atoms with Crippen LogP contribution in [0.5, 0.6) is 0 Å². The molecular formula is C21H14F4N4O2. The number of hydrogen-bond acceptors (Lipinski definition) is 4. The van der Waals surface area contributed by atoms with Crippen LogP contribution in [0, 0.1) is 24.1 Å². The first-order valence-corrected chi connectivity index (χ1v) is 8.85. The van der Waals surface area contributed by atoms with Gasteiger partial charge in [-0.1, -0.05) is 24.3 Å². The molecule has 0 saturated carbocycles. The number of nitriles is 1. The summed E-state index contributed by atoms with van der Waals surface area (Å²) in [6.45, 7) is 1.44. The maximum Gasteiger partial charge on any atom is 0.416 e. The molecule has 1 N–H and O–H groups in total. The molecule has 10 heteroatoms. The van der Waals surface area contributed by atoms with Crippen LogP contribution in [0.3, 0.4) is 0 Å². The zero-order chi connectivity index (χ0) is 22.8. The highest BCUT2D eigenvalue weighted by atomic mass is 19.4. The Balaban J connectivity index is 2.00. The Bertz CT molecular complexity index is 1250. The van der Waals surface area contributed by atoms with Crippen molar-refractivity contribution >= 4 is 5.91 Å². The first kappa shape index (κ1) is 21.7. The van der Waals surface area contributed by atoms with Gasteiger partial charge in [0.2, 0.25) is 5.43 Å². The number of hydrogen-bond donors (Lipinski definition) is 1. The smallest absolute Gasteiger partial charge is 0.331 e. The third-order valence-corrected chi connectivity index (χ3v) is 4.36. The van der Waals surface area contributed by atoms with Crippen LogP contribution in [0.1, 0.15) is 33.4 Å². The van der Waals surface area contributed by atoms with Crippen LogP contribution < -0.4 is 10.7 Å². The Hall–Kier alpha value is -4.00. The second-order valence-electron chi connectivity index (χ2n) is 6.52. The number of aromatic nitrogens is 2. The molecule has 1 amide bonds. The minimum Gasteiger partial charge on any atom is -0.331 e. The highest BCUT2D eigenvalue weighted by Crippen LogP contribution is 2.30. The summed E-state index contributed by atoms with van der Waals surface area (Å²) >= 11 is 0. The Kier molecular flexibility index (Phi) is 5.88. The molecule has 0 saturated heterocycles. The number of rotatable bonds is 4. The molecule has 3 aromatic rings. The molecule has 0 aliphatic heterocycles. The minimum atomic E-state index is -4.59.